The van der Waals surface area contributed by atoms with E-state index < -0.39 is 37.9 Å². The first kappa shape index (κ1) is 20.8. The van der Waals surface area contributed by atoms with Gasteiger partial charge in [-0.15, -0.1) is 0 Å². The Morgan fingerprint density at radius 1 is 1.50 bits per heavy atom. The van der Waals surface area contributed by atoms with Crippen LogP contribution < -0.4 is 10.5 Å². The molecule has 0 saturated carbocycles. The Kier molecular flexibility index (Phi) is 5.09. The second kappa shape index (κ2) is 7.34. The van der Waals surface area contributed by atoms with Gasteiger partial charge >= 0.3 is 7.82 Å². The molecular weight excluding hydrogens is 419 g/mol. The third kappa shape index (κ3) is 3.27. The number of imidazole rings is 1. The summed E-state index contributed by atoms with van der Waals surface area (Å²) in [6, 6.07) is 0. The first-order valence-corrected chi connectivity index (χ1v) is 10.5. The molecule has 15 heteroatoms. The van der Waals surface area contributed by atoms with Crippen molar-refractivity contribution in [2.24, 2.45) is 5.11 Å². The molecular formula is C15H21N8O6P. The van der Waals surface area contributed by atoms with Crippen LogP contribution in [0.15, 0.2) is 11.4 Å². The highest BCUT2D eigenvalue weighted by molar-refractivity contribution is 7.48. The molecule has 2 aromatic rings. The van der Waals surface area contributed by atoms with E-state index in [-0.39, 0.29) is 18.4 Å². The van der Waals surface area contributed by atoms with Crippen LogP contribution in [0.25, 0.3) is 21.6 Å². The first-order chi connectivity index (χ1) is 14.2. The molecule has 0 aliphatic carbocycles. The van der Waals surface area contributed by atoms with E-state index in [1.165, 1.54) is 13.4 Å². The Morgan fingerprint density at radius 2 is 2.27 bits per heavy atom. The molecule has 5 atom stereocenters. The van der Waals surface area contributed by atoms with E-state index in [9.17, 15) is 10.1 Å². The second-order valence-electron chi connectivity index (χ2n) is 7.28. The number of hydrogen-bond acceptors (Lipinski definition) is 11. The van der Waals surface area contributed by atoms with Crippen molar-refractivity contribution in [3.8, 4) is 5.88 Å². The minimum atomic E-state index is -3.87. The summed E-state index contributed by atoms with van der Waals surface area (Å²) in [6.45, 7) is 4.96. The molecule has 162 valence electrons. The maximum atomic E-state index is 12.9. The number of nitrogens with two attached hydrogens (primary N) is 1. The lowest BCUT2D eigenvalue weighted by Gasteiger charge is -2.35. The molecule has 2 aliphatic rings. The average molecular weight is 440 g/mol. The lowest BCUT2D eigenvalue weighted by atomic mass is 9.93. The van der Waals surface area contributed by atoms with Crippen molar-refractivity contribution < 1.29 is 27.6 Å². The van der Waals surface area contributed by atoms with Gasteiger partial charge < -0.3 is 15.2 Å². The summed E-state index contributed by atoms with van der Waals surface area (Å²) in [5.74, 6) is 0.156. The number of fused-ring (bicyclic) bond motifs is 2. The number of anilines is 1. The van der Waals surface area contributed by atoms with Gasteiger partial charge in [0, 0.05) is 4.91 Å². The highest BCUT2D eigenvalue weighted by Gasteiger charge is 2.60. The van der Waals surface area contributed by atoms with Gasteiger partial charge in [0.15, 0.2) is 17.4 Å². The van der Waals surface area contributed by atoms with Gasteiger partial charge in [0.2, 0.25) is 11.8 Å². The quantitative estimate of drug-likeness (QED) is 0.313. The van der Waals surface area contributed by atoms with E-state index in [1.807, 2.05) is 0 Å². The number of ether oxygens (including phenoxy) is 2. The van der Waals surface area contributed by atoms with Crippen molar-refractivity contribution in [3.63, 3.8) is 0 Å². The van der Waals surface area contributed by atoms with Gasteiger partial charge in [0.25, 0.3) is 0 Å². The number of phosphoric ester groups is 1. The van der Waals surface area contributed by atoms with Crippen molar-refractivity contribution in [2.75, 3.05) is 19.5 Å². The van der Waals surface area contributed by atoms with Crippen LogP contribution in [0.3, 0.4) is 0 Å². The first-order valence-electron chi connectivity index (χ1n) is 9.08. The summed E-state index contributed by atoms with van der Waals surface area (Å²) >= 11 is 0. The summed E-state index contributed by atoms with van der Waals surface area (Å²) in [5, 5.41) is 3.94. The van der Waals surface area contributed by atoms with Crippen molar-refractivity contribution in [1.82, 2.24) is 19.5 Å². The minimum absolute atomic E-state index is 0.0311. The van der Waals surface area contributed by atoms with Crippen molar-refractivity contribution in [1.29, 1.82) is 0 Å². The molecule has 2 N–H and O–H groups in total. The number of methoxy groups -OCH3 is 1. The van der Waals surface area contributed by atoms with E-state index in [4.69, 9.17) is 28.8 Å². The predicted octanol–water partition coefficient (Wildman–Crippen LogP) is 2.33. The third-order valence-corrected chi connectivity index (χ3v) is 6.44. The SMILES string of the molecule is COc1nc(N)nc2c1ncn2C1O[C@@H]2COP(=O)(OC(C)C)O[C@H]2[C@@]1(C)N=[N+]=[N-]. The molecule has 2 fully saturated rings. The van der Waals surface area contributed by atoms with Crippen LogP contribution in [0.4, 0.5) is 5.95 Å². The van der Waals surface area contributed by atoms with Gasteiger partial charge in [-0.1, -0.05) is 5.11 Å². The zero-order valence-electron chi connectivity index (χ0n) is 16.7. The molecule has 0 spiro atoms. The Bertz CT molecular complexity index is 1070. The lowest BCUT2D eigenvalue weighted by Crippen LogP contribution is -2.46. The molecule has 2 aromatic heterocycles. The molecule has 0 radical (unpaired) electrons. The van der Waals surface area contributed by atoms with E-state index >= 15 is 0 Å². The monoisotopic (exact) mass is 440 g/mol. The van der Waals surface area contributed by atoms with Crippen LogP contribution in [0, 0.1) is 0 Å². The van der Waals surface area contributed by atoms with Crippen LogP contribution in [-0.4, -0.2) is 57.1 Å². The summed E-state index contributed by atoms with van der Waals surface area (Å²) in [6.07, 6.45) is -1.46. The minimum Gasteiger partial charge on any atom is -0.479 e. The molecule has 14 nitrogen and oxygen atoms in total. The van der Waals surface area contributed by atoms with Crippen LogP contribution in [0.1, 0.15) is 27.0 Å². The third-order valence-electron chi connectivity index (χ3n) is 4.81. The number of nitrogen functional groups attached to an aromatic ring is 1. The molecule has 0 amide bonds. The Hall–Kier alpha value is -2.47. The van der Waals surface area contributed by atoms with E-state index in [2.05, 4.69) is 25.0 Å². The Labute approximate surface area is 170 Å². The normalized spacial score (nSPS) is 33.4. The number of rotatable bonds is 5. The number of aromatic nitrogens is 4. The zero-order valence-corrected chi connectivity index (χ0v) is 17.6. The molecule has 0 bridgehead atoms. The smallest absolute Gasteiger partial charge is 0.475 e. The fraction of sp³-hybridized carbons (Fsp3) is 0.667. The van der Waals surface area contributed by atoms with Gasteiger partial charge in [-0.2, -0.15) is 9.97 Å². The fourth-order valence-electron chi connectivity index (χ4n) is 3.61. The highest BCUT2D eigenvalue weighted by Crippen LogP contribution is 2.60. The van der Waals surface area contributed by atoms with Gasteiger partial charge in [-0.05, 0) is 26.3 Å². The Balaban J connectivity index is 1.79. The number of nitrogens with zero attached hydrogens (tertiary/aromatic N) is 7. The molecule has 2 aliphatic heterocycles. The molecule has 0 aromatic carbocycles. The summed E-state index contributed by atoms with van der Waals surface area (Å²) < 4.78 is 42.1. The van der Waals surface area contributed by atoms with Gasteiger partial charge in [0.1, 0.15) is 17.7 Å². The molecule has 4 heterocycles. The van der Waals surface area contributed by atoms with Crippen molar-refractivity contribution in [2.45, 2.75) is 50.8 Å². The van der Waals surface area contributed by atoms with Crippen molar-refractivity contribution in [3.05, 3.63) is 16.8 Å². The average Bonchev–Trinajstić information content (AvgIpc) is 3.19. The summed E-state index contributed by atoms with van der Waals surface area (Å²) in [5.41, 5.74) is 14.3. The van der Waals surface area contributed by atoms with Crippen LogP contribution in [0.2, 0.25) is 0 Å². The highest BCUT2D eigenvalue weighted by atomic mass is 31.2. The predicted molar refractivity (Wildman–Crippen MR) is 102 cm³/mol. The Morgan fingerprint density at radius 3 is 2.93 bits per heavy atom. The molecule has 2 saturated heterocycles. The van der Waals surface area contributed by atoms with Gasteiger partial charge in [-0.25, -0.2) is 9.55 Å². The fourth-order valence-corrected chi connectivity index (χ4v) is 5.26. The largest absolute Gasteiger partial charge is 0.479 e. The summed E-state index contributed by atoms with van der Waals surface area (Å²) in [4.78, 5) is 15.5. The van der Waals surface area contributed by atoms with Gasteiger partial charge in [0.05, 0.1) is 26.1 Å². The van der Waals surface area contributed by atoms with Crippen molar-refractivity contribution >= 4 is 24.9 Å². The molecule has 2 unspecified atom stereocenters. The van der Waals surface area contributed by atoms with E-state index in [0.717, 1.165) is 0 Å². The van der Waals surface area contributed by atoms with E-state index in [1.54, 1.807) is 25.3 Å². The second-order valence-corrected chi connectivity index (χ2v) is 8.85. The maximum Gasteiger partial charge on any atom is 0.475 e. The lowest BCUT2D eigenvalue weighted by molar-refractivity contribution is -0.0733. The van der Waals surface area contributed by atoms with Crippen LogP contribution >= 0.6 is 7.82 Å². The number of phosphoric acid groups is 1. The maximum absolute atomic E-state index is 12.9. The standard InChI is InChI=1S/C15H21N8O6P/c1-7(2)28-30(24)26-5-8-10(29-30)15(3,21-22-17)13(27-8)23-6-18-9-11(23)19-14(16)20-12(9)25-4/h6-8,10,13H,5H2,1-4H3,(H2,16,19,20)/t8-,10-,13?,15-,30?/m1/s1. The number of hydrogen-bond donors (Lipinski definition) is 1. The number of azide groups is 1. The van der Waals surface area contributed by atoms with Crippen LogP contribution in [0.5, 0.6) is 5.88 Å². The van der Waals surface area contributed by atoms with E-state index in [0.29, 0.717) is 11.2 Å². The van der Waals surface area contributed by atoms with Crippen LogP contribution in [-0.2, 0) is 22.9 Å². The van der Waals surface area contributed by atoms with Gasteiger partial charge in [-0.3, -0.25) is 18.1 Å². The topological polar surface area (TPSA) is 182 Å². The molecule has 30 heavy (non-hydrogen) atoms. The zero-order chi connectivity index (χ0) is 21.7. The molecule has 4 rings (SSSR count). The summed E-state index contributed by atoms with van der Waals surface area (Å²) in [7, 11) is -2.44.